The summed E-state index contributed by atoms with van der Waals surface area (Å²) in [5.74, 6) is -0.0133. The number of hydrogen-bond acceptors (Lipinski definition) is 6. The Kier molecular flexibility index (Phi) is 5.46. The van der Waals surface area contributed by atoms with E-state index in [9.17, 15) is 14.7 Å². The molecule has 1 unspecified atom stereocenters. The highest BCUT2D eigenvalue weighted by Crippen LogP contribution is 2.40. The fourth-order valence-electron chi connectivity index (χ4n) is 3.89. The zero-order valence-corrected chi connectivity index (χ0v) is 16.9. The Morgan fingerprint density at radius 2 is 1.97 bits per heavy atom. The van der Waals surface area contributed by atoms with Crippen LogP contribution < -0.4 is 10.2 Å². The standard InChI is InChI=1S/C23H23NO6/c1-3-29-12-6-11-24-20(14-9-10-16(25)18(13-14)28-2)19-21(26)15-7-4-5-8-17(15)30-22(19)23(24)27/h4-5,7-10,13,20,25H,3,6,11-12H2,1-2H3. The van der Waals surface area contributed by atoms with Gasteiger partial charge in [-0.3, -0.25) is 9.59 Å². The first-order valence-electron chi connectivity index (χ1n) is 9.88. The third kappa shape index (κ3) is 3.31. The van der Waals surface area contributed by atoms with Gasteiger partial charge < -0.3 is 23.9 Å². The second kappa shape index (κ2) is 8.20. The van der Waals surface area contributed by atoms with Gasteiger partial charge in [0.15, 0.2) is 16.9 Å². The van der Waals surface area contributed by atoms with Crippen LogP contribution in [0.15, 0.2) is 51.7 Å². The summed E-state index contributed by atoms with van der Waals surface area (Å²) in [4.78, 5) is 28.2. The fraction of sp³-hybridized carbons (Fsp3) is 0.304. The normalized spacial score (nSPS) is 15.6. The van der Waals surface area contributed by atoms with Crippen molar-refractivity contribution in [3.63, 3.8) is 0 Å². The molecule has 4 rings (SSSR count). The molecular formula is C23H23NO6. The van der Waals surface area contributed by atoms with Gasteiger partial charge in [0.2, 0.25) is 5.76 Å². The van der Waals surface area contributed by atoms with Crippen molar-refractivity contribution < 1.29 is 23.8 Å². The van der Waals surface area contributed by atoms with E-state index in [1.807, 2.05) is 6.92 Å². The number of hydrogen-bond donors (Lipinski definition) is 1. The maximum Gasteiger partial charge on any atom is 0.290 e. The molecule has 30 heavy (non-hydrogen) atoms. The third-order valence-electron chi connectivity index (χ3n) is 5.28. The zero-order valence-electron chi connectivity index (χ0n) is 16.9. The number of benzene rings is 2. The number of ether oxygens (including phenoxy) is 2. The van der Waals surface area contributed by atoms with Crippen LogP contribution in [0.25, 0.3) is 11.0 Å². The van der Waals surface area contributed by atoms with Gasteiger partial charge in [-0.2, -0.15) is 0 Å². The Bertz CT molecular complexity index is 1150. The van der Waals surface area contributed by atoms with E-state index in [1.165, 1.54) is 13.2 Å². The van der Waals surface area contributed by atoms with Gasteiger partial charge in [-0.15, -0.1) is 0 Å². The molecule has 0 radical (unpaired) electrons. The van der Waals surface area contributed by atoms with Gasteiger partial charge in [-0.05, 0) is 43.2 Å². The summed E-state index contributed by atoms with van der Waals surface area (Å²) in [6.07, 6.45) is 0.618. The van der Waals surface area contributed by atoms with E-state index >= 15 is 0 Å². The predicted molar refractivity (Wildman–Crippen MR) is 111 cm³/mol. The monoisotopic (exact) mass is 409 g/mol. The quantitative estimate of drug-likeness (QED) is 0.601. The van der Waals surface area contributed by atoms with Crippen LogP contribution in [0.4, 0.5) is 0 Å². The first kappa shape index (κ1) is 20.0. The highest BCUT2D eigenvalue weighted by molar-refractivity contribution is 5.99. The Hall–Kier alpha value is -3.32. The highest BCUT2D eigenvalue weighted by Gasteiger charge is 2.42. The van der Waals surface area contributed by atoms with E-state index in [1.54, 1.807) is 41.3 Å². The molecular weight excluding hydrogens is 386 g/mol. The number of phenols is 1. The molecule has 0 fully saturated rings. The molecule has 0 spiro atoms. The Morgan fingerprint density at radius 3 is 2.73 bits per heavy atom. The molecule has 1 aliphatic heterocycles. The highest BCUT2D eigenvalue weighted by atomic mass is 16.5. The van der Waals surface area contributed by atoms with Crippen molar-refractivity contribution in [1.82, 2.24) is 4.90 Å². The second-order valence-corrected chi connectivity index (χ2v) is 7.05. The average Bonchev–Trinajstić information content (AvgIpc) is 3.04. The molecule has 7 nitrogen and oxygen atoms in total. The van der Waals surface area contributed by atoms with Crippen LogP contribution in [0, 0.1) is 0 Å². The number of phenolic OH excluding ortho intramolecular Hbond substituents is 1. The number of carbonyl (C=O) groups excluding carboxylic acids is 1. The lowest BCUT2D eigenvalue weighted by Gasteiger charge is -2.25. The molecule has 2 aromatic carbocycles. The number of nitrogens with zero attached hydrogens (tertiary/aromatic N) is 1. The van der Waals surface area contributed by atoms with Crippen LogP contribution >= 0.6 is 0 Å². The van der Waals surface area contributed by atoms with Crippen LogP contribution in [0.3, 0.4) is 0 Å². The smallest absolute Gasteiger partial charge is 0.290 e. The van der Waals surface area contributed by atoms with Crippen molar-refractivity contribution in [3.05, 3.63) is 69.6 Å². The largest absolute Gasteiger partial charge is 0.504 e. The summed E-state index contributed by atoms with van der Waals surface area (Å²) in [5.41, 5.74) is 1.12. The van der Waals surface area contributed by atoms with Gasteiger partial charge in [0.1, 0.15) is 5.58 Å². The number of carbonyl (C=O) groups is 1. The van der Waals surface area contributed by atoms with E-state index in [0.717, 1.165) is 0 Å². The van der Waals surface area contributed by atoms with E-state index in [0.29, 0.717) is 48.3 Å². The summed E-state index contributed by atoms with van der Waals surface area (Å²) >= 11 is 0. The van der Waals surface area contributed by atoms with E-state index in [4.69, 9.17) is 13.9 Å². The van der Waals surface area contributed by atoms with Crippen LogP contribution in [-0.2, 0) is 4.74 Å². The molecule has 156 valence electrons. The van der Waals surface area contributed by atoms with Crippen molar-refractivity contribution in [1.29, 1.82) is 0 Å². The Labute approximate surface area is 173 Å². The molecule has 1 atom stereocenters. The summed E-state index contributed by atoms with van der Waals surface area (Å²) in [7, 11) is 1.45. The molecule has 1 N–H and O–H groups in total. The summed E-state index contributed by atoms with van der Waals surface area (Å²) < 4.78 is 16.5. The lowest BCUT2D eigenvalue weighted by molar-refractivity contribution is 0.0695. The minimum Gasteiger partial charge on any atom is -0.504 e. The molecule has 0 saturated heterocycles. The van der Waals surface area contributed by atoms with E-state index in [2.05, 4.69) is 0 Å². The molecule has 1 aliphatic rings. The minimum atomic E-state index is -0.635. The van der Waals surface area contributed by atoms with Crippen LogP contribution in [0.5, 0.6) is 11.5 Å². The third-order valence-corrected chi connectivity index (χ3v) is 5.28. The summed E-state index contributed by atoms with van der Waals surface area (Å²) in [5, 5.41) is 10.4. The van der Waals surface area contributed by atoms with Gasteiger partial charge in [-0.1, -0.05) is 18.2 Å². The van der Waals surface area contributed by atoms with Gasteiger partial charge in [0.05, 0.1) is 24.1 Å². The molecule has 7 heteroatoms. The zero-order chi connectivity index (χ0) is 21.3. The predicted octanol–water partition coefficient (Wildman–Crippen LogP) is 3.48. The van der Waals surface area contributed by atoms with Gasteiger partial charge in [0, 0.05) is 19.8 Å². The lowest BCUT2D eigenvalue weighted by atomic mass is 9.98. The first-order valence-corrected chi connectivity index (χ1v) is 9.88. The maximum atomic E-state index is 13.3. The van der Waals surface area contributed by atoms with Gasteiger partial charge in [-0.25, -0.2) is 0 Å². The summed E-state index contributed by atoms with van der Waals surface area (Å²) in [6, 6.07) is 11.1. The number of amides is 1. The molecule has 2 heterocycles. The second-order valence-electron chi connectivity index (χ2n) is 7.05. The maximum absolute atomic E-state index is 13.3. The number of para-hydroxylation sites is 1. The fourth-order valence-corrected chi connectivity index (χ4v) is 3.89. The number of methoxy groups -OCH3 is 1. The van der Waals surface area contributed by atoms with Gasteiger partial charge >= 0.3 is 0 Å². The molecule has 0 aliphatic carbocycles. The van der Waals surface area contributed by atoms with Crippen molar-refractivity contribution in [2.45, 2.75) is 19.4 Å². The molecule has 0 bridgehead atoms. The molecule has 3 aromatic rings. The number of rotatable bonds is 7. The summed E-state index contributed by atoms with van der Waals surface area (Å²) in [6.45, 7) is 3.41. The number of aromatic hydroxyl groups is 1. The minimum absolute atomic E-state index is 0.0146. The van der Waals surface area contributed by atoms with Crippen LogP contribution in [0.1, 0.15) is 41.1 Å². The topological polar surface area (TPSA) is 89.2 Å². The van der Waals surface area contributed by atoms with Crippen LogP contribution in [0.2, 0.25) is 0 Å². The Morgan fingerprint density at radius 1 is 1.17 bits per heavy atom. The number of fused-ring (bicyclic) bond motifs is 2. The lowest BCUT2D eigenvalue weighted by Crippen LogP contribution is -2.31. The van der Waals surface area contributed by atoms with Crippen molar-refractivity contribution >= 4 is 16.9 Å². The van der Waals surface area contributed by atoms with Crippen molar-refractivity contribution in [2.24, 2.45) is 0 Å². The Balaban J connectivity index is 1.86. The van der Waals surface area contributed by atoms with Crippen molar-refractivity contribution in [3.8, 4) is 11.5 Å². The SMILES string of the molecule is CCOCCCN1C(=O)c2oc3ccccc3c(=O)c2C1c1ccc(O)c(OC)c1. The average molecular weight is 409 g/mol. The van der Waals surface area contributed by atoms with Crippen LogP contribution in [-0.4, -0.2) is 42.8 Å². The van der Waals surface area contributed by atoms with E-state index < -0.39 is 6.04 Å². The molecule has 1 aromatic heterocycles. The molecule has 0 saturated carbocycles. The van der Waals surface area contributed by atoms with Gasteiger partial charge in [0.25, 0.3) is 5.91 Å². The van der Waals surface area contributed by atoms with E-state index in [-0.39, 0.29) is 28.6 Å². The van der Waals surface area contributed by atoms with Crippen molar-refractivity contribution in [2.75, 3.05) is 26.9 Å². The first-order chi connectivity index (χ1) is 14.6. The molecule has 1 amide bonds.